The van der Waals surface area contributed by atoms with Crippen LogP contribution in [0.25, 0.3) is 0 Å². The van der Waals surface area contributed by atoms with Crippen molar-refractivity contribution in [2.45, 2.75) is 19.8 Å². The minimum Gasteiger partial charge on any atom is -0.481 e. The van der Waals surface area contributed by atoms with E-state index < -0.39 is 5.97 Å². The van der Waals surface area contributed by atoms with E-state index >= 15 is 0 Å². The maximum atomic E-state index is 10.5. The molecule has 0 aliphatic carbocycles. The first-order valence-corrected chi connectivity index (χ1v) is 5.31. The van der Waals surface area contributed by atoms with Crippen molar-refractivity contribution in [2.24, 2.45) is 5.92 Å². The van der Waals surface area contributed by atoms with Crippen LogP contribution >= 0.6 is 11.3 Å². The predicted octanol–water partition coefficient (Wildman–Crippen LogP) is 1.45. The zero-order valence-electron chi connectivity index (χ0n) is 7.93. The van der Waals surface area contributed by atoms with Crippen molar-refractivity contribution in [3.8, 4) is 0 Å². The van der Waals surface area contributed by atoms with Gasteiger partial charge < -0.3 is 10.4 Å². The number of hydrogen-bond donors (Lipinski definition) is 2. The molecule has 78 valence electrons. The minimum absolute atomic E-state index is 0.272. The molecule has 0 aromatic carbocycles. The number of carboxylic acids is 1. The third-order valence-electron chi connectivity index (χ3n) is 1.87. The van der Waals surface area contributed by atoms with Crippen molar-refractivity contribution in [3.63, 3.8) is 0 Å². The van der Waals surface area contributed by atoms with Gasteiger partial charge in [0.15, 0.2) is 0 Å². The van der Waals surface area contributed by atoms with Crippen molar-refractivity contribution in [3.05, 3.63) is 5.51 Å². The van der Waals surface area contributed by atoms with Crippen LogP contribution in [0.2, 0.25) is 0 Å². The lowest BCUT2D eigenvalue weighted by molar-refractivity contribution is -0.141. The van der Waals surface area contributed by atoms with Crippen LogP contribution in [0.1, 0.15) is 19.8 Å². The molecule has 1 aromatic rings. The molecule has 0 spiro atoms. The lowest BCUT2D eigenvalue weighted by Crippen LogP contribution is -2.11. The predicted molar refractivity (Wildman–Crippen MR) is 54.4 cm³/mol. The molecule has 0 aliphatic rings. The van der Waals surface area contributed by atoms with E-state index in [4.69, 9.17) is 5.11 Å². The first-order valence-electron chi connectivity index (χ1n) is 4.43. The van der Waals surface area contributed by atoms with Gasteiger partial charge in [-0.2, -0.15) is 0 Å². The second-order valence-electron chi connectivity index (χ2n) is 3.05. The largest absolute Gasteiger partial charge is 0.481 e. The van der Waals surface area contributed by atoms with E-state index in [2.05, 4.69) is 15.5 Å². The summed E-state index contributed by atoms with van der Waals surface area (Å²) in [4.78, 5) is 10.5. The van der Waals surface area contributed by atoms with Gasteiger partial charge in [-0.25, -0.2) is 0 Å². The molecule has 1 heterocycles. The van der Waals surface area contributed by atoms with Crippen LogP contribution in [0, 0.1) is 5.92 Å². The summed E-state index contributed by atoms with van der Waals surface area (Å²) in [5, 5.41) is 20.0. The molecular weight excluding hydrogens is 202 g/mol. The van der Waals surface area contributed by atoms with Gasteiger partial charge in [0.25, 0.3) is 0 Å². The average Bonchev–Trinajstić information content (AvgIpc) is 2.64. The highest BCUT2D eigenvalue weighted by atomic mass is 32.1. The number of anilines is 1. The monoisotopic (exact) mass is 215 g/mol. The number of aromatic nitrogens is 2. The Kier molecular flexibility index (Phi) is 4.31. The highest BCUT2D eigenvalue weighted by Crippen LogP contribution is 2.09. The summed E-state index contributed by atoms with van der Waals surface area (Å²) in [6.07, 6.45) is 1.51. The van der Waals surface area contributed by atoms with Crippen LogP contribution in [0.15, 0.2) is 5.51 Å². The molecule has 0 aliphatic heterocycles. The summed E-state index contributed by atoms with van der Waals surface area (Å²) in [5.74, 6) is -1.01. The maximum absolute atomic E-state index is 10.5. The Balaban J connectivity index is 2.08. The lowest BCUT2D eigenvalue weighted by Gasteiger charge is -2.05. The fourth-order valence-corrected chi connectivity index (χ4v) is 1.45. The Morgan fingerprint density at radius 1 is 1.79 bits per heavy atom. The number of rotatable bonds is 6. The summed E-state index contributed by atoms with van der Waals surface area (Å²) in [5.41, 5.74) is 1.65. The van der Waals surface area contributed by atoms with Crippen molar-refractivity contribution < 1.29 is 9.90 Å². The molecule has 6 heteroatoms. The molecule has 0 radical (unpaired) electrons. The molecular formula is C8H13N3O2S. The fraction of sp³-hybridized carbons (Fsp3) is 0.625. The van der Waals surface area contributed by atoms with Gasteiger partial charge in [0.05, 0.1) is 5.92 Å². The molecule has 0 saturated carbocycles. The lowest BCUT2D eigenvalue weighted by atomic mass is 10.1. The number of carbonyl (C=O) groups is 1. The normalized spacial score (nSPS) is 12.4. The smallest absolute Gasteiger partial charge is 0.306 e. The number of carboxylic acid groups (broad SMARTS) is 1. The quantitative estimate of drug-likeness (QED) is 0.702. The van der Waals surface area contributed by atoms with Gasteiger partial charge in [0.2, 0.25) is 5.13 Å². The number of nitrogens with one attached hydrogen (secondary N) is 1. The first-order chi connectivity index (χ1) is 6.70. The Morgan fingerprint density at radius 2 is 2.57 bits per heavy atom. The second-order valence-corrected chi connectivity index (χ2v) is 3.89. The van der Waals surface area contributed by atoms with E-state index in [1.807, 2.05) is 0 Å². The van der Waals surface area contributed by atoms with Crippen LogP contribution in [0.4, 0.5) is 5.13 Å². The Bertz CT molecular complexity index is 276. The molecule has 2 N–H and O–H groups in total. The zero-order chi connectivity index (χ0) is 10.4. The Hall–Kier alpha value is -1.17. The van der Waals surface area contributed by atoms with E-state index in [1.54, 1.807) is 12.4 Å². The highest BCUT2D eigenvalue weighted by Gasteiger charge is 2.09. The van der Waals surface area contributed by atoms with Gasteiger partial charge in [0.1, 0.15) is 5.51 Å². The third-order valence-corrected chi connectivity index (χ3v) is 2.52. The number of hydrogen-bond acceptors (Lipinski definition) is 5. The summed E-state index contributed by atoms with van der Waals surface area (Å²) in [7, 11) is 0. The molecule has 0 bridgehead atoms. The first kappa shape index (κ1) is 10.9. The SMILES string of the molecule is CC(CCCNc1nncs1)C(=O)O. The Morgan fingerprint density at radius 3 is 3.14 bits per heavy atom. The Labute approximate surface area is 86.2 Å². The van der Waals surface area contributed by atoms with Crippen molar-refractivity contribution in [2.75, 3.05) is 11.9 Å². The average molecular weight is 215 g/mol. The van der Waals surface area contributed by atoms with Crippen LogP contribution < -0.4 is 5.32 Å². The van der Waals surface area contributed by atoms with Crippen LogP contribution in [-0.2, 0) is 4.79 Å². The van der Waals surface area contributed by atoms with Gasteiger partial charge in [-0.15, -0.1) is 10.2 Å². The molecule has 0 saturated heterocycles. The van der Waals surface area contributed by atoms with Crippen molar-refractivity contribution >= 4 is 22.4 Å². The molecule has 1 aromatic heterocycles. The molecule has 1 atom stereocenters. The zero-order valence-corrected chi connectivity index (χ0v) is 8.75. The molecule has 5 nitrogen and oxygen atoms in total. The van der Waals surface area contributed by atoms with E-state index in [1.165, 1.54) is 11.3 Å². The highest BCUT2D eigenvalue weighted by molar-refractivity contribution is 7.13. The third kappa shape index (κ3) is 3.69. The van der Waals surface area contributed by atoms with Gasteiger partial charge in [-0.1, -0.05) is 18.3 Å². The second kappa shape index (κ2) is 5.54. The topological polar surface area (TPSA) is 75.1 Å². The van der Waals surface area contributed by atoms with Gasteiger partial charge in [-0.05, 0) is 12.8 Å². The van der Waals surface area contributed by atoms with Gasteiger partial charge in [-0.3, -0.25) is 4.79 Å². The van der Waals surface area contributed by atoms with E-state index in [-0.39, 0.29) is 5.92 Å². The van der Waals surface area contributed by atoms with Crippen LogP contribution in [0.5, 0.6) is 0 Å². The van der Waals surface area contributed by atoms with Gasteiger partial charge in [0, 0.05) is 6.54 Å². The fourth-order valence-electron chi connectivity index (χ4n) is 0.977. The molecule has 0 amide bonds. The maximum Gasteiger partial charge on any atom is 0.306 e. The molecule has 14 heavy (non-hydrogen) atoms. The summed E-state index contributed by atoms with van der Waals surface area (Å²) < 4.78 is 0. The summed E-state index contributed by atoms with van der Waals surface area (Å²) in [6, 6.07) is 0. The van der Waals surface area contributed by atoms with E-state index in [0.29, 0.717) is 6.42 Å². The van der Waals surface area contributed by atoms with Crippen molar-refractivity contribution in [1.29, 1.82) is 0 Å². The molecule has 0 fully saturated rings. The summed E-state index contributed by atoms with van der Waals surface area (Å²) >= 11 is 1.44. The van der Waals surface area contributed by atoms with E-state index in [9.17, 15) is 4.79 Å². The molecule has 1 rings (SSSR count). The van der Waals surface area contributed by atoms with Gasteiger partial charge >= 0.3 is 5.97 Å². The molecule has 1 unspecified atom stereocenters. The minimum atomic E-state index is -0.735. The number of nitrogens with zero attached hydrogens (tertiary/aromatic N) is 2. The van der Waals surface area contributed by atoms with E-state index in [0.717, 1.165) is 18.1 Å². The van der Waals surface area contributed by atoms with Crippen LogP contribution in [-0.4, -0.2) is 27.8 Å². The van der Waals surface area contributed by atoms with Crippen molar-refractivity contribution in [1.82, 2.24) is 10.2 Å². The van der Waals surface area contributed by atoms with Crippen LogP contribution in [0.3, 0.4) is 0 Å². The summed E-state index contributed by atoms with van der Waals surface area (Å²) in [6.45, 7) is 2.46. The number of aliphatic carboxylic acids is 1. The standard InChI is InChI=1S/C8H13N3O2S/c1-6(7(12)13)3-2-4-9-8-11-10-5-14-8/h5-6H,2-4H2,1H3,(H,9,11)(H,12,13).